The van der Waals surface area contributed by atoms with Gasteiger partial charge in [0.25, 0.3) is 0 Å². The molecule has 0 radical (unpaired) electrons. The molecule has 4 saturated carbocycles. The molecule has 4 heterocycles. The quantitative estimate of drug-likeness (QED) is 0.0414. The largest absolute Gasteiger partial charge is 0.472 e. The molecule has 4 aliphatic carbocycles. The van der Waals surface area contributed by atoms with E-state index in [1.807, 2.05) is 85.7 Å². The molecule has 570 valence electrons. The topological polar surface area (TPSA) is 329 Å². The molecule has 29 heteroatoms. The van der Waals surface area contributed by atoms with Crippen molar-refractivity contribution in [1.82, 2.24) is 34.2 Å². The number of ether oxygens (including phenoxy) is 4. The van der Waals surface area contributed by atoms with Crippen molar-refractivity contribution in [2.75, 3.05) is 13.1 Å². The van der Waals surface area contributed by atoms with Gasteiger partial charge in [0.15, 0.2) is 17.4 Å². The van der Waals surface area contributed by atoms with Gasteiger partial charge in [0.2, 0.25) is 35.4 Å². The van der Waals surface area contributed by atoms with Gasteiger partial charge in [-0.1, -0.05) is 122 Å². The molecule has 2 aliphatic heterocycles. The number of carbonyl (C=O) groups excluding carboxylic acids is 8. The molecular weight excluding hydrogens is 1420 g/mol. The Kier molecular flexibility index (Phi) is 23.7. The van der Waals surface area contributed by atoms with E-state index in [9.17, 15) is 55.2 Å². The van der Waals surface area contributed by atoms with E-state index in [4.69, 9.17) is 50.5 Å². The first-order chi connectivity index (χ1) is 48.1. The highest BCUT2D eigenvalue weighted by Gasteiger charge is 2.64. The van der Waals surface area contributed by atoms with Crippen LogP contribution in [-0.4, -0.2) is 149 Å². The van der Waals surface area contributed by atoms with E-state index < -0.39 is 148 Å². The van der Waals surface area contributed by atoms with Gasteiger partial charge in [0.05, 0.1) is 71.9 Å². The minimum atomic E-state index is -4.41. The molecule has 0 bridgehead atoms. The van der Waals surface area contributed by atoms with E-state index in [1.54, 1.807) is 85.9 Å². The minimum absolute atomic E-state index is 0.0182. The average Bonchev–Trinajstić information content (AvgIpc) is 1.58. The second kappa shape index (κ2) is 30.4. The Morgan fingerprint density at radius 3 is 1.44 bits per heavy atom. The van der Waals surface area contributed by atoms with Crippen LogP contribution in [0.3, 0.4) is 0 Å². The van der Waals surface area contributed by atoms with Gasteiger partial charge >= 0.3 is 32.5 Å². The van der Waals surface area contributed by atoms with Crippen LogP contribution in [0.1, 0.15) is 201 Å². The van der Waals surface area contributed by atoms with Crippen LogP contribution in [-0.2, 0) is 76.8 Å². The zero-order chi connectivity index (χ0) is 76.9. The van der Waals surface area contributed by atoms with E-state index in [0.29, 0.717) is 79.0 Å². The molecule has 2 N–H and O–H groups in total. The summed E-state index contributed by atoms with van der Waals surface area (Å²) in [6, 6.07) is 15.7. The molecule has 4 aromatic rings. The summed E-state index contributed by atoms with van der Waals surface area (Å²) < 4.78 is 89.5. The number of carbonyl (C=O) groups is 8. The molecule has 4 amide bonds. The Hall–Kier alpha value is -6.91. The number of benzene rings is 2. The molecule has 6 fully saturated rings. The predicted octanol–water partition coefficient (Wildman–Crippen LogP) is 11.8. The van der Waals surface area contributed by atoms with Crippen LogP contribution in [0.15, 0.2) is 66.9 Å². The molecule has 10 rings (SSSR count). The normalized spacial score (nSPS) is 24.6. The maximum Gasteiger partial charge on any atom is 0.362 e. The number of ketones is 2. The van der Waals surface area contributed by atoms with Gasteiger partial charge in [-0.15, -0.1) is 0 Å². The van der Waals surface area contributed by atoms with Crippen molar-refractivity contribution in [2.24, 2.45) is 45.3 Å². The number of hydrogen-bond acceptors (Lipinski definition) is 21. The van der Waals surface area contributed by atoms with E-state index in [-0.39, 0.29) is 74.5 Å². The number of nitrogens with zero attached hydrogens (tertiary/aromatic N) is 5. The predicted molar refractivity (Wildman–Crippen MR) is 388 cm³/mol. The smallest absolute Gasteiger partial charge is 0.362 e. The Labute approximate surface area is 620 Å². The van der Waals surface area contributed by atoms with Crippen molar-refractivity contribution in [3.63, 3.8) is 0 Å². The lowest BCUT2D eigenvalue weighted by Gasteiger charge is -2.35. The van der Waals surface area contributed by atoms with E-state index in [0.717, 1.165) is 5.39 Å². The van der Waals surface area contributed by atoms with Gasteiger partial charge in [-0.05, 0) is 146 Å². The number of likely N-dealkylation sites (tertiary alicyclic amines) is 2. The van der Waals surface area contributed by atoms with Crippen molar-refractivity contribution < 1.29 is 82.5 Å². The Bertz CT molecular complexity index is 4180. The highest BCUT2D eigenvalue weighted by atomic mass is 35.5. The third kappa shape index (κ3) is 20.6. The summed E-state index contributed by atoms with van der Waals surface area (Å²) >= 11 is 12.6. The van der Waals surface area contributed by atoms with E-state index in [1.165, 1.54) is 15.9 Å². The zero-order valence-electron chi connectivity index (χ0n) is 62.4. The van der Waals surface area contributed by atoms with Crippen molar-refractivity contribution >= 4 is 102 Å². The lowest BCUT2D eigenvalue weighted by Crippen LogP contribution is -2.49. The van der Waals surface area contributed by atoms with E-state index in [2.05, 4.69) is 24.4 Å². The maximum absolute atomic E-state index is 14.5. The maximum atomic E-state index is 14.5. The standard InChI is InChI=1S/C38H51ClN4O9S.C37H50ClN3O9S/c1-9-24-20-38(24,34(47)42-53(48,49)52-37(8)15-16-37)21-28(44)27-17-25(50-30-19-29(39)40-32(41-30)23-13-11-10-12-14-23)22-43(27)33(46)26(35(2,3)4)18-31(45)51-36(5,6)7;1-9-23-19-37(23,33(45)40-51(46,47)50-36(8)13-14-36)20-29(42)28-17-25(48-31-26-11-10-24(38)16-22(26)12-15-39-31)21-41(28)32(44)27(34(2,3)4)18-30(43)49-35(5,6)7/h10-14,19,24-27H,9,15-18,20-22H2,1-8H3,(H,42,47);10-12,15-16,23,25,27-28H,9,13-14,17-21H2,1-8H3,(H,40,45)/t24-,25-,26-,27+,38-;23-,25-,27-,28+,37-/m11/s1. The number of halogens is 2. The Morgan fingerprint density at radius 1 is 0.596 bits per heavy atom. The summed E-state index contributed by atoms with van der Waals surface area (Å²) in [4.78, 5) is 127. The van der Waals surface area contributed by atoms with Crippen LogP contribution in [0.4, 0.5) is 0 Å². The molecule has 10 atom stereocenters. The van der Waals surface area contributed by atoms with Gasteiger partial charge < -0.3 is 28.7 Å². The van der Waals surface area contributed by atoms with Crippen molar-refractivity contribution in [3.05, 3.63) is 77.0 Å². The fourth-order valence-electron chi connectivity index (χ4n) is 14.0. The van der Waals surface area contributed by atoms with Crippen molar-refractivity contribution in [3.8, 4) is 23.1 Å². The number of nitrogens with one attached hydrogen (secondary N) is 2. The van der Waals surface area contributed by atoms with Crippen LogP contribution in [0.5, 0.6) is 11.8 Å². The second-order valence-electron chi connectivity index (χ2n) is 33.6. The number of rotatable bonds is 27. The number of fused-ring (bicyclic) bond motifs is 1. The average molecular weight is 1520 g/mol. The summed E-state index contributed by atoms with van der Waals surface area (Å²) in [5.74, 6) is -5.71. The molecule has 2 aromatic heterocycles. The molecule has 6 aliphatic rings. The lowest BCUT2D eigenvalue weighted by molar-refractivity contribution is -0.161. The summed E-state index contributed by atoms with van der Waals surface area (Å²) in [5.41, 5.74) is -6.44. The fourth-order valence-corrected chi connectivity index (χ4v) is 16.7. The van der Waals surface area contributed by atoms with Crippen LogP contribution >= 0.6 is 23.2 Å². The highest BCUT2D eigenvalue weighted by molar-refractivity contribution is 7.85. The number of amides is 4. The highest BCUT2D eigenvalue weighted by Crippen LogP contribution is 2.59. The first-order valence-electron chi connectivity index (χ1n) is 35.7. The number of hydrogen-bond donors (Lipinski definition) is 2. The van der Waals surface area contributed by atoms with Gasteiger partial charge in [-0.3, -0.25) is 38.4 Å². The lowest BCUT2D eigenvalue weighted by atomic mass is 9.77. The monoisotopic (exact) mass is 1520 g/mol. The van der Waals surface area contributed by atoms with Crippen molar-refractivity contribution in [1.29, 1.82) is 0 Å². The van der Waals surface area contributed by atoms with Crippen LogP contribution in [0.2, 0.25) is 10.2 Å². The van der Waals surface area contributed by atoms with Crippen LogP contribution < -0.4 is 18.9 Å². The van der Waals surface area contributed by atoms with Gasteiger partial charge in [0.1, 0.15) is 28.6 Å². The number of aromatic nitrogens is 3. The summed E-state index contributed by atoms with van der Waals surface area (Å²) in [7, 11) is -8.82. The molecule has 0 unspecified atom stereocenters. The van der Waals surface area contributed by atoms with Crippen LogP contribution in [0.25, 0.3) is 22.2 Å². The van der Waals surface area contributed by atoms with Crippen LogP contribution in [0, 0.1) is 45.3 Å². The summed E-state index contributed by atoms with van der Waals surface area (Å²) in [5, 5.41) is 2.19. The zero-order valence-corrected chi connectivity index (χ0v) is 65.6. The van der Waals surface area contributed by atoms with Gasteiger partial charge in [0, 0.05) is 53.9 Å². The molecule has 104 heavy (non-hydrogen) atoms. The molecule has 0 spiro atoms. The SMILES string of the molecule is CC[C@@H]1C[C@]1(CC(=O)[C@@H]1C[C@@H](Oc2cc(Cl)nc(-c3ccccc3)n2)CN1C(=O)[C@@H](CC(=O)OC(C)(C)C)C(C)(C)C)C(=O)NS(=O)(=O)OC1(C)CC1.CC[C@@H]1C[C@]1(CC(=O)[C@@H]1C[C@@H](Oc2nccc3cc(Cl)ccc23)CN1C(=O)[C@@H](CC(=O)OC(C)(C)C)C(C)(C)C)C(=O)NS(=O)(=O)OC1(C)CC1. The van der Waals surface area contributed by atoms with E-state index >= 15 is 0 Å². The third-order valence-corrected chi connectivity index (χ3v) is 22.9. The first kappa shape index (κ1) is 81.2. The number of esters is 2. The summed E-state index contributed by atoms with van der Waals surface area (Å²) in [6.45, 7) is 28.6. The molecule has 25 nitrogen and oxygen atoms in total. The molecular formula is C75H101Cl2N7O18S2. The number of Topliss-reactive ketones (excluding diaryl/α,β-unsaturated/α-hetero) is 2. The van der Waals surface area contributed by atoms with Crippen molar-refractivity contribution in [2.45, 2.75) is 247 Å². The summed E-state index contributed by atoms with van der Waals surface area (Å²) in [6.07, 6.45) is 3.33. The van der Waals surface area contributed by atoms with Gasteiger partial charge in [-0.25, -0.2) is 27.8 Å². The van der Waals surface area contributed by atoms with Gasteiger partial charge in [-0.2, -0.15) is 21.8 Å². The minimum Gasteiger partial charge on any atom is -0.472 e. The molecule has 2 aromatic carbocycles. The molecule has 2 saturated heterocycles. The third-order valence-electron chi connectivity index (χ3n) is 20.4. The fraction of sp³-hybridized carbons (Fsp3) is 0.640. The first-order valence-corrected chi connectivity index (χ1v) is 39.3. The Morgan fingerprint density at radius 2 is 1.04 bits per heavy atom. The number of pyridine rings is 1. The second-order valence-corrected chi connectivity index (χ2v) is 37.0. The Balaban J connectivity index is 0.000000241.